The van der Waals surface area contributed by atoms with Crippen LogP contribution in [0.1, 0.15) is 33.6 Å². The molecule has 0 bridgehead atoms. The average Bonchev–Trinajstić information content (AvgIpc) is 2.51. The lowest BCUT2D eigenvalue weighted by molar-refractivity contribution is 0.00595. The van der Waals surface area contributed by atoms with Gasteiger partial charge in [-0.1, -0.05) is 0 Å². The Labute approximate surface area is 149 Å². The molecule has 3 heterocycles. The SMILES string of the molecule is COc1c(N)cncc1N1CC2(CCN(C(=O)OC(C)(C)C)CC2)C1. The molecule has 0 atom stereocenters. The number of methoxy groups -OCH3 is 1. The van der Waals surface area contributed by atoms with E-state index in [1.807, 2.05) is 25.7 Å². The van der Waals surface area contributed by atoms with Crippen molar-refractivity contribution in [1.29, 1.82) is 0 Å². The van der Waals surface area contributed by atoms with E-state index >= 15 is 0 Å². The fourth-order valence-corrected chi connectivity index (χ4v) is 3.64. The van der Waals surface area contributed by atoms with Crippen molar-refractivity contribution in [2.75, 3.05) is 43.9 Å². The van der Waals surface area contributed by atoms with Crippen molar-refractivity contribution >= 4 is 17.5 Å². The number of amides is 1. The molecule has 0 unspecified atom stereocenters. The number of anilines is 2. The molecule has 0 aromatic carbocycles. The maximum absolute atomic E-state index is 12.2. The lowest BCUT2D eigenvalue weighted by Crippen LogP contribution is -2.61. The number of carbonyl (C=O) groups excluding carboxylic acids is 1. The predicted octanol–water partition coefficient (Wildman–Crippen LogP) is 2.51. The molecule has 2 aliphatic rings. The highest BCUT2D eigenvalue weighted by molar-refractivity contribution is 5.70. The Morgan fingerprint density at radius 3 is 2.44 bits per heavy atom. The third-order valence-corrected chi connectivity index (χ3v) is 4.98. The topological polar surface area (TPSA) is 80.9 Å². The Morgan fingerprint density at radius 2 is 1.88 bits per heavy atom. The van der Waals surface area contributed by atoms with Crippen LogP contribution in [0.15, 0.2) is 12.4 Å². The molecule has 25 heavy (non-hydrogen) atoms. The fraction of sp³-hybridized carbons (Fsp3) is 0.667. The summed E-state index contributed by atoms with van der Waals surface area (Å²) >= 11 is 0. The number of likely N-dealkylation sites (tertiary alicyclic amines) is 1. The van der Waals surface area contributed by atoms with Crippen LogP contribution >= 0.6 is 0 Å². The van der Waals surface area contributed by atoms with Crippen LogP contribution in [0, 0.1) is 5.41 Å². The number of nitrogens with zero attached hydrogens (tertiary/aromatic N) is 3. The minimum absolute atomic E-state index is 0.208. The Morgan fingerprint density at radius 1 is 1.24 bits per heavy atom. The molecule has 0 aliphatic carbocycles. The average molecular weight is 348 g/mol. The highest BCUT2D eigenvalue weighted by Crippen LogP contribution is 2.45. The monoisotopic (exact) mass is 348 g/mol. The van der Waals surface area contributed by atoms with Crippen LogP contribution in [0.2, 0.25) is 0 Å². The number of hydrogen-bond acceptors (Lipinski definition) is 6. The molecular formula is C18H28N4O3. The van der Waals surface area contributed by atoms with Gasteiger partial charge in [0.25, 0.3) is 0 Å². The lowest BCUT2D eigenvalue weighted by atomic mass is 9.72. The summed E-state index contributed by atoms with van der Waals surface area (Å²) in [4.78, 5) is 20.5. The van der Waals surface area contributed by atoms with Gasteiger partial charge in [0.05, 0.1) is 25.2 Å². The van der Waals surface area contributed by atoms with Gasteiger partial charge in [-0.15, -0.1) is 0 Å². The summed E-state index contributed by atoms with van der Waals surface area (Å²) < 4.78 is 10.9. The number of ether oxygens (including phenoxy) is 2. The van der Waals surface area contributed by atoms with Crippen LogP contribution in [-0.4, -0.2) is 54.9 Å². The second-order valence-electron chi connectivity index (χ2n) is 8.10. The number of nitrogens with two attached hydrogens (primary N) is 1. The van der Waals surface area contributed by atoms with Crippen molar-refractivity contribution in [3.8, 4) is 5.75 Å². The minimum atomic E-state index is -0.448. The van der Waals surface area contributed by atoms with E-state index in [4.69, 9.17) is 15.2 Å². The summed E-state index contributed by atoms with van der Waals surface area (Å²) in [6, 6.07) is 0. The third-order valence-electron chi connectivity index (χ3n) is 4.98. The summed E-state index contributed by atoms with van der Waals surface area (Å²) in [5.74, 6) is 0.691. The van der Waals surface area contributed by atoms with Crippen LogP contribution in [-0.2, 0) is 4.74 Å². The Bertz CT molecular complexity index is 640. The van der Waals surface area contributed by atoms with Crippen molar-refractivity contribution in [3.05, 3.63) is 12.4 Å². The van der Waals surface area contributed by atoms with Gasteiger partial charge in [0.15, 0.2) is 5.75 Å². The molecule has 0 radical (unpaired) electrons. The number of piperidine rings is 1. The fourth-order valence-electron chi connectivity index (χ4n) is 3.64. The van der Waals surface area contributed by atoms with Crippen LogP contribution in [0.4, 0.5) is 16.2 Å². The molecule has 1 aromatic heterocycles. The zero-order valence-corrected chi connectivity index (χ0v) is 15.5. The van der Waals surface area contributed by atoms with E-state index in [0.717, 1.165) is 44.7 Å². The molecule has 138 valence electrons. The van der Waals surface area contributed by atoms with Gasteiger partial charge in [-0.05, 0) is 33.6 Å². The normalized spacial score (nSPS) is 19.5. The smallest absolute Gasteiger partial charge is 0.410 e. The van der Waals surface area contributed by atoms with Crippen LogP contribution in [0.5, 0.6) is 5.75 Å². The van der Waals surface area contributed by atoms with E-state index < -0.39 is 5.60 Å². The van der Waals surface area contributed by atoms with Crippen molar-refractivity contribution in [2.45, 2.75) is 39.2 Å². The summed E-state index contributed by atoms with van der Waals surface area (Å²) in [7, 11) is 1.63. The number of pyridine rings is 1. The Kier molecular flexibility index (Phi) is 4.43. The van der Waals surface area contributed by atoms with E-state index in [1.54, 1.807) is 19.5 Å². The minimum Gasteiger partial charge on any atom is -0.492 e. The van der Waals surface area contributed by atoms with Crippen molar-refractivity contribution in [3.63, 3.8) is 0 Å². The van der Waals surface area contributed by atoms with Gasteiger partial charge in [-0.2, -0.15) is 0 Å². The van der Waals surface area contributed by atoms with Crippen LogP contribution in [0.3, 0.4) is 0 Å². The number of rotatable bonds is 2. The Hall–Kier alpha value is -2.18. The zero-order valence-electron chi connectivity index (χ0n) is 15.5. The molecule has 3 rings (SSSR count). The Balaban J connectivity index is 1.57. The number of hydrogen-bond donors (Lipinski definition) is 1. The summed E-state index contributed by atoms with van der Waals surface area (Å²) in [6.07, 6.45) is 5.18. The highest BCUT2D eigenvalue weighted by Gasteiger charge is 2.46. The van der Waals surface area contributed by atoms with E-state index in [2.05, 4.69) is 9.88 Å². The summed E-state index contributed by atoms with van der Waals surface area (Å²) in [5, 5.41) is 0. The van der Waals surface area contributed by atoms with Crippen LogP contribution in [0.25, 0.3) is 0 Å². The molecule has 0 saturated carbocycles. The van der Waals surface area contributed by atoms with Gasteiger partial charge in [0.2, 0.25) is 0 Å². The quantitative estimate of drug-likeness (QED) is 0.884. The first-order valence-electron chi connectivity index (χ1n) is 8.73. The van der Waals surface area contributed by atoms with Crippen molar-refractivity contribution in [1.82, 2.24) is 9.88 Å². The van der Waals surface area contributed by atoms with Gasteiger partial charge < -0.3 is 25.0 Å². The molecule has 7 nitrogen and oxygen atoms in total. The van der Waals surface area contributed by atoms with Crippen molar-refractivity contribution < 1.29 is 14.3 Å². The predicted molar refractivity (Wildman–Crippen MR) is 96.9 cm³/mol. The van der Waals surface area contributed by atoms with Gasteiger partial charge in [0, 0.05) is 31.6 Å². The lowest BCUT2D eigenvalue weighted by Gasteiger charge is -2.54. The molecule has 2 aliphatic heterocycles. The molecule has 2 fully saturated rings. The molecule has 2 N–H and O–H groups in total. The van der Waals surface area contributed by atoms with E-state index in [0.29, 0.717) is 11.4 Å². The van der Waals surface area contributed by atoms with Gasteiger partial charge in [-0.3, -0.25) is 4.98 Å². The number of aromatic nitrogens is 1. The second-order valence-corrected chi connectivity index (χ2v) is 8.10. The first-order chi connectivity index (χ1) is 11.7. The van der Waals surface area contributed by atoms with Gasteiger partial charge in [-0.25, -0.2) is 4.79 Å². The van der Waals surface area contributed by atoms with Gasteiger partial charge in [0.1, 0.15) is 11.3 Å². The third kappa shape index (κ3) is 3.60. The maximum Gasteiger partial charge on any atom is 0.410 e. The summed E-state index contributed by atoms with van der Waals surface area (Å²) in [6.45, 7) is 9.06. The molecule has 1 amide bonds. The molecule has 1 aromatic rings. The van der Waals surface area contributed by atoms with E-state index in [9.17, 15) is 4.79 Å². The number of nitrogen functional groups attached to an aromatic ring is 1. The standard InChI is InChI=1S/C18H28N4O3/c1-17(2,3)25-16(23)21-7-5-18(6-8-21)11-22(12-18)14-10-20-9-13(19)15(14)24-4/h9-10H,5-8,11-12,19H2,1-4H3. The first-order valence-corrected chi connectivity index (χ1v) is 8.73. The zero-order chi connectivity index (χ0) is 18.2. The van der Waals surface area contributed by atoms with Gasteiger partial charge >= 0.3 is 6.09 Å². The second kappa shape index (κ2) is 6.28. The molecule has 7 heteroatoms. The largest absolute Gasteiger partial charge is 0.492 e. The van der Waals surface area contributed by atoms with Crippen molar-refractivity contribution in [2.24, 2.45) is 5.41 Å². The van der Waals surface area contributed by atoms with E-state index in [-0.39, 0.29) is 11.5 Å². The molecule has 1 spiro atoms. The molecule has 2 saturated heterocycles. The highest BCUT2D eigenvalue weighted by atomic mass is 16.6. The molecular weight excluding hydrogens is 320 g/mol. The summed E-state index contributed by atoms with van der Waals surface area (Å²) in [5.41, 5.74) is 7.26. The van der Waals surface area contributed by atoms with Crippen LogP contribution < -0.4 is 15.4 Å². The first kappa shape index (κ1) is 17.6. The number of carbonyl (C=O) groups is 1. The van der Waals surface area contributed by atoms with E-state index in [1.165, 1.54) is 0 Å². The maximum atomic E-state index is 12.2.